The van der Waals surface area contributed by atoms with Crippen molar-refractivity contribution < 1.29 is 9.59 Å². The molecule has 0 radical (unpaired) electrons. The molecule has 1 aliphatic rings. The van der Waals surface area contributed by atoms with Crippen LogP contribution in [0.5, 0.6) is 0 Å². The summed E-state index contributed by atoms with van der Waals surface area (Å²) in [6, 6.07) is 7.02. The van der Waals surface area contributed by atoms with Gasteiger partial charge in [0.15, 0.2) is 0 Å². The smallest absolute Gasteiger partial charge is 0.261 e. The summed E-state index contributed by atoms with van der Waals surface area (Å²) in [6.07, 6.45) is 2.53. The van der Waals surface area contributed by atoms with E-state index in [-0.39, 0.29) is 12.5 Å². The van der Waals surface area contributed by atoms with E-state index in [4.69, 9.17) is 11.6 Å². The molecule has 2 rings (SSSR count). The van der Waals surface area contributed by atoms with Gasteiger partial charge in [0.2, 0.25) is 5.91 Å². The highest BCUT2D eigenvalue weighted by molar-refractivity contribution is 6.30. The van der Waals surface area contributed by atoms with E-state index in [2.05, 4.69) is 15.6 Å². The fraction of sp³-hybridized carbons (Fsp3) is 0.286. The molecule has 0 spiro atoms. The van der Waals surface area contributed by atoms with E-state index in [9.17, 15) is 9.59 Å². The molecule has 0 fully saturated rings. The number of rotatable bonds is 4. The van der Waals surface area contributed by atoms with Gasteiger partial charge in [0.1, 0.15) is 6.54 Å². The molecule has 1 N–H and O–H groups in total. The van der Waals surface area contributed by atoms with E-state index < -0.39 is 5.91 Å². The van der Waals surface area contributed by atoms with Crippen molar-refractivity contribution in [3.05, 3.63) is 34.9 Å². The Labute approximate surface area is 127 Å². The molecule has 7 heteroatoms. The number of hydrogen-bond acceptors (Lipinski definition) is 4. The molecule has 1 heterocycles. The van der Waals surface area contributed by atoms with Crippen molar-refractivity contribution in [1.29, 1.82) is 0 Å². The molecule has 1 aromatic carbocycles. The van der Waals surface area contributed by atoms with Crippen molar-refractivity contribution in [3.63, 3.8) is 0 Å². The van der Waals surface area contributed by atoms with Gasteiger partial charge < -0.3 is 0 Å². The van der Waals surface area contributed by atoms with Gasteiger partial charge in [-0.1, -0.05) is 23.7 Å². The van der Waals surface area contributed by atoms with Gasteiger partial charge in [-0.3, -0.25) is 9.59 Å². The number of carbonyl (C=O) groups excluding carboxylic acids is 2. The van der Waals surface area contributed by atoms with Gasteiger partial charge in [-0.25, -0.2) is 10.4 Å². The predicted octanol–water partition coefficient (Wildman–Crippen LogP) is 1.79. The number of nitrogens with one attached hydrogen (secondary N) is 1. The summed E-state index contributed by atoms with van der Waals surface area (Å²) < 4.78 is 0. The Bertz CT molecular complexity index is 595. The van der Waals surface area contributed by atoms with Crippen molar-refractivity contribution in [2.24, 2.45) is 10.2 Å². The van der Waals surface area contributed by atoms with Crippen LogP contribution in [0, 0.1) is 0 Å². The largest absolute Gasteiger partial charge is 0.273 e. The Balaban J connectivity index is 1.86. The molecule has 0 aromatic heterocycles. The summed E-state index contributed by atoms with van der Waals surface area (Å²) in [6.45, 7) is 1.70. The zero-order valence-corrected chi connectivity index (χ0v) is 12.3. The highest BCUT2D eigenvalue weighted by Gasteiger charge is 2.20. The minimum Gasteiger partial charge on any atom is -0.273 e. The Kier molecular flexibility index (Phi) is 5.05. The zero-order chi connectivity index (χ0) is 15.2. The lowest BCUT2D eigenvalue weighted by molar-refractivity contribution is -0.136. The van der Waals surface area contributed by atoms with Gasteiger partial charge in [0, 0.05) is 17.2 Å². The maximum absolute atomic E-state index is 11.7. The van der Waals surface area contributed by atoms with E-state index in [0.29, 0.717) is 17.9 Å². The highest BCUT2D eigenvalue weighted by atomic mass is 35.5. The summed E-state index contributed by atoms with van der Waals surface area (Å²) in [4.78, 5) is 23.3. The summed E-state index contributed by atoms with van der Waals surface area (Å²) in [5.41, 5.74) is 4.01. The molecule has 21 heavy (non-hydrogen) atoms. The van der Waals surface area contributed by atoms with E-state index in [1.54, 1.807) is 24.3 Å². The van der Waals surface area contributed by atoms with Gasteiger partial charge in [-0.2, -0.15) is 10.2 Å². The van der Waals surface area contributed by atoms with Crippen LogP contribution in [-0.4, -0.2) is 35.3 Å². The van der Waals surface area contributed by atoms with Crippen LogP contribution in [0.1, 0.15) is 25.3 Å². The number of benzene rings is 1. The number of halogens is 1. The second kappa shape index (κ2) is 6.99. The van der Waals surface area contributed by atoms with Crippen LogP contribution in [-0.2, 0) is 9.59 Å². The molecule has 2 amide bonds. The van der Waals surface area contributed by atoms with Gasteiger partial charge in [0.25, 0.3) is 5.91 Å². The molecule has 0 bridgehead atoms. The third kappa shape index (κ3) is 4.68. The lowest BCUT2D eigenvalue weighted by Crippen LogP contribution is -2.38. The molecule has 6 nitrogen and oxygen atoms in total. The molecule has 0 saturated carbocycles. The van der Waals surface area contributed by atoms with E-state index >= 15 is 0 Å². The van der Waals surface area contributed by atoms with Crippen LogP contribution in [0.15, 0.2) is 34.5 Å². The Hall–Kier alpha value is -2.21. The molecular weight excluding hydrogens is 292 g/mol. The first-order valence-electron chi connectivity index (χ1n) is 6.46. The summed E-state index contributed by atoms with van der Waals surface area (Å²) in [5.74, 6) is -0.551. The fourth-order valence-corrected chi connectivity index (χ4v) is 1.88. The number of nitrogens with zero attached hydrogens (tertiary/aromatic N) is 3. The van der Waals surface area contributed by atoms with Crippen LogP contribution >= 0.6 is 11.6 Å². The molecule has 0 saturated heterocycles. The van der Waals surface area contributed by atoms with Crippen molar-refractivity contribution in [3.8, 4) is 0 Å². The topological polar surface area (TPSA) is 74.1 Å². The minimum absolute atomic E-state index is 0.131. The number of hydrogen-bond donors (Lipinski definition) is 1. The molecule has 110 valence electrons. The first-order valence-corrected chi connectivity index (χ1v) is 6.84. The SMILES string of the molecule is CC1=NN(CC(=O)N/N=C/c2ccc(Cl)cc2)C(=O)CC1. The zero-order valence-electron chi connectivity index (χ0n) is 11.5. The average Bonchev–Trinajstić information content (AvgIpc) is 2.45. The van der Waals surface area contributed by atoms with Crippen LogP contribution in [0.2, 0.25) is 5.02 Å². The predicted molar refractivity (Wildman–Crippen MR) is 81.2 cm³/mol. The normalized spacial score (nSPS) is 15.2. The number of amides is 2. The van der Waals surface area contributed by atoms with Gasteiger partial charge in [0.05, 0.1) is 6.21 Å². The van der Waals surface area contributed by atoms with Crippen LogP contribution in [0.25, 0.3) is 0 Å². The van der Waals surface area contributed by atoms with Gasteiger partial charge in [-0.15, -0.1) is 0 Å². The summed E-state index contributed by atoms with van der Waals surface area (Å²) in [7, 11) is 0. The monoisotopic (exact) mass is 306 g/mol. The summed E-state index contributed by atoms with van der Waals surface area (Å²) >= 11 is 5.77. The lowest BCUT2D eigenvalue weighted by Gasteiger charge is -2.21. The third-order valence-corrected chi connectivity index (χ3v) is 3.10. The van der Waals surface area contributed by atoms with Crippen molar-refractivity contribution in [2.75, 3.05) is 6.54 Å². The Morgan fingerprint density at radius 2 is 2.14 bits per heavy atom. The second-order valence-electron chi connectivity index (χ2n) is 4.63. The van der Waals surface area contributed by atoms with Gasteiger partial charge in [-0.05, 0) is 31.0 Å². The lowest BCUT2D eigenvalue weighted by atomic mass is 10.2. The van der Waals surface area contributed by atoms with E-state index in [1.165, 1.54) is 11.2 Å². The average molecular weight is 307 g/mol. The maximum atomic E-state index is 11.7. The second-order valence-corrected chi connectivity index (χ2v) is 5.07. The van der Waals surface area contributed by atoms with Crippen LogP contribution in [0.3, 0.4) is 0 Å². The molecule has 0 unspecified atom stereocenters. The molecule has 0 aliphatic carbocycles. The minimum atomic E-state index is -0.396. The van der Waals surface area contributed by atoms with E-state index in [1.807, 2.05) is 6.92 Å². The third-order valence-electron chi connectivity index (χ3n) is 2.85. The first kappa shape index (κ1) is 15.2. The van der Waals surface area contributed by atoms with Crippen molar-refractivity contribution >= 4 is 35.3 Å². The van der Waals surface area contributed by atoms with E-state index in [0.717, 1.165) is 11.3 Å². The molecular formula is C14H15ClN4O2. The summed E-state index contributed by atoms with van der Waals surface area (Å²) in [5, 5.41) is 9.68. The first-order chi connectivity index (χ1) is 10.0. The molecule has 0 atom stereocenters. The fourth-order valence-electron chi connectivity index (χ4n) is 1.75. The van der Waals surface area contributed by atoms with Gasteiger partial charge >= 0.3 is 0 Å². The Morgan fingerprint density at radius 1 is 1.43 bits per heavy atom. The highest BCUT2D eigenvalue weighted by Crippen LogP contribution is 2.08. The number of carbonyl (C=O) groups is 2. The van der Waals surface area contributed by atoms with Crippen molar-refractivity contribution in [1.82, 2.24) is 10.4 Å². The van der Waals surface area contributed by atoms with Crippen LogP contribution < -0.4 is 5.43 Å². The standard InChI is InChI=1S/C14H15ClN4O2/c1-10-2-7-14(21)19(18-10)9-13(20)17-16-8-11-3-5-12(15)6-4-11/h3-6,8H,2,7,9H2,1H3,(H,17,20)/b16-8+. The maximum Gasteiger partial charge on any atom is 0.261 e. The molecule has 1 aromatic rings. The molecule has 1 aliphatic heterocycles. The van der Waals surface area contributed by atoms with Crippen molar-refractivity contribution in [2.45, 2.75) is 19.8 Å². The number of hydrazone groups is 2. The Morgan fingerprint density at radius 3 is 2.86 bits per heavy atom. The van der Waals surface area contributed by atoms with Crippen LogP contribution in [0.4, 0.5) is 0 Å². The quantitative estimate of drug-likeness (QED) is 0.680.